The number of nitrogens with zero attached hydrogens (tertiary/aromatic N) is 2. The van der Waals surface area contributed by atoms with Crippen molar-refractivity contribution >= 4 is 41.0 Å². The van der Waals surface area contributed by atoms with E-state index in [0.29, 0.717) is 10.9 Å². The predicted molar refractivity (Wildman–Crippen MR) is 95.3 cm³/mol. The lowest BCUT2D eigenvalue weighted by Gasteiger charge is -2.10. The normalized spacial score (nSPS) is 11.6. The molecule has 1 atom stereocenters. The zero-order chi connectivity index (χ0) is 20.0. The molecule has 144 valence electrons. The van der Waals surface area contributed by atoms with Crippen LogP contribution in [0.25, 0.3) is 0 Å². The Kier molecular flexibility index (Phi) is 7.14. The molecule has 0 saturated heterocycles. The second-order valence-corrected chi connectivity index (χ2v) is 6.22. The first-order valence-electron chi connectivity index (χ1n) is 7.75. The number of hydrogen-bond acceptors (Lipinski definition) is 7. The fourth-order valence-corrected chi connectivity index (χ4v) is 2.42. The van der Waals surface area contributed by atoms with E-state index in [1.54, 1.807) is 13.8 Å². The van der Waals surface area contributed by atoms with Crippen LogP contribution in [0.2, 0.25) is 10.0 Å². The lowest BCUT2D eigenvalue weighted by molar-refractivity contribution is -0.149. The van der Waals surface area contributed by atoms with E-state index in [4.69, 9.17) is 32.4 Å². The van der Waals surface area contributed by atoms with Gasteiger partial charge in [0.05, 0.1) is 17.1 Å². The van der Waals surface area contributed by atoms with Gasteiger partial charge >= 0.3 is 5.97 Å². The summed E-state index contributed by atoms with van der Waals surface area (Å²) in [7, 11) is 0. The van der Waals surface area contributed by atoms with E-state index < -0.39 is 23.9 Å². The molecular formula is C16H16Cl2N4O5. The van der Waals surface area contributed by atoms with Gasteiger partial charge in [-0.05, 0) is 25.1 Å². The van der Waals surface area contributed by atoms with Gasteiger partial charge in [-0.2, -0.15) is 0 Å². The van der Waals surface area contributed by atoms with E-state index in [2.05, 4.69) is 20.8 Å². The van der Waals surface area contributed by atoms with Crippen LogP contribution in [-0.2, 0) is 14.3 Å². The van der Waals surface area contributed by atoms with Crippen molar-refractivity contribution < 1.29 is 23.5 Å². The van der Waals surface area contributed by atoms with Gasteiger partial charge in [0.25, 0.3) is 11.8 Å². The van der Waals surface area contributed by atoms with E-state index in [0.717, 1.165) is 0 Å². The molecule has 11 heteroatoms. The van der Waals surface area contributed by atoms with Crippen molar-refractivity contribution in [2.45, 2.75) is 20.0 Å². The van der Waals surface area contributed by atoms with Gasteiger partial charge in [0.15, 0.2) is 6.10 Å². The fraction of sp³-hybridized carbons (Fsp3) is 0.312. The average molecular weight is 415 g/mol. The number of carbonyl (C=O) groups is 3. The second-order valence-electron chi connectivity index (χ2n) is 5.37. The molecular weight excluding hydrogens is 399 g/mol. The van der Waals surface area contributed by atoms with Gasteiger partial charge in [0, 0.05) is 11.9 Å². The van der Waals surface area contributed by atoms with Gasteiger partial charge in [-0.15, -0.1) is 10.2 Å². The van der Waals surface area contributed by atoms with Gasteiger partial charge in [0.1, 0.15) is 6.54 Å². The minimum absolute atomic E-state index is 0.152. The Labute approximate surface area is 164 Å². The molecule has 9 nitrogen and oxygen atoms in total. The molecule has 0 aliphatic rings. The molecule has 1 aromatic carbocycles. The third-order valence-electron chi connectivity index (χ3n) is 3.21. The van der Waals surface area contributed by atoms with Crippen LogP contribution in [0, 0.1) is 6.92 Å². The third-order valence-corrected chi connectivity index (χ3v) is 3.76. The van der Waals surface area contributed by atoms with Crippen LogP contribution in [-0.4, -0.2) is 41.1 Å². The summed E-state index contributed by atoms with van der Waals surface area (Å²) in [4.78, 5) is 35.5. The molecule has 0 aliphatic heterocycles. The van der Waals surface area contributed by atoms with Crippen LogP contribution >= 0.6 is 23.2 Å². The highest BCUT2D eigenvalue weighted by Gasteiger charge is 2.18. The first-order chi connectivity index (χ1) is 12.8. The van der Waals surface area contributed by atoms with Gasteiger partial charge < -0.3 is 19.8 Å². The number of amides is 2. The second kappa shape index (κ2) is 9.33. The zero-order valence-electron chi connectivity index (χ0n) is 14.4. The van der Waals surface area contributed by atoms with Crippen LogP contribution < -0.4 is 10.6 Å². The minimum atomic E-state index is -0.748. The zero-order valence-corrected chi connectivity index (χ0v) is 15.9. The van der Waals surface area contributed by atoms with Crippen molar-refractivity contribution in [3.05, 3.63) is 45.6 Å². The highest BCUT2D eigenvalue weighted by Crippen LogP contribution is 2.20. The third kappa shape index (κ3) is 6.22. The molecule has 1 heterocycles. The van der Waals surface area contributed by atoms with Gasteiger partial charge in [-0.1, -0.05) is 23.2 Å². The standard InChI is InChI=1S/C16H16Cl2N4O5/c1-8(16-22-21-9(2)27-16)26-14(24)7-19-13(23)6-20-15(25)11-4-3-10(17)5-12(11)18/h3-5,8H,6-7H2,1-2H3,(H,19,23)(H,20,25). The Hall–Kier alpha value is -2.65. The summed E-state index contributed by atoms with van der Waals surface area (Å²) < 4.78 is 10.2. The van der Waals surface area contributed by atoms with Gasteiger partial charge in [-0.3, -0.25) is 14.4 Å². The number of aromatic nitrogens is 2. The van der Waals surface area contributed by atoms with Crippen LogP contribution in [0.15, 0.2) is 22.6 Å². The number of benzene rings is 1. The number of aryl methyl sites for hydroxylation is 1. The SMILES string of the molecule is Cc1nnc(C(C)OC(=O)CNC(=O)CNC(=O)c2ccc(Cl)cc2Cl)o1. The molecule has 1 unspecified atom stereocenters. The molecule has 0 bridgehead atoms. The van der Waals surface area contributed by atoms with Gasteiger partial charge in [0.2, 0.25) is 11.8 Å². The fourth-order valence-electron chi connectivity index (χ4n) is 1.93. The smallest absolute Gasteiger partial charge is 0.326 e. The maximum atomic E-state index is 12.0. The summed E-state index contributed by atoms with van der Waals surface area (Å²) in [5.74, 6) is -1.32. The van der Waals surface area contributed by atoms with E-state index in [1.807, 2.05) is 0 Å². The molecule has 2 N–H and O–H groups in total. The van der Waals surface area contributed by atoms with Crippen molar-refractivity contribution in [3.8, 4) is 0 Å². The summed E-state index contributed by atoms with van der Waals surface area (Å²) in [6.45, 7) is 2.44. The monoisotopic (exact) mass is 414 g/mol. The van der Waals surface area contributed by atoms with Crippen LogP contribution in [0.4, 0.5) is 0 Å². The van der Waals surface area contributed by atoms with Crippen molar-refractivity contribution in [1.29, 1.82) is 0 Å². The first-order valence-corrected chi connectivity index (χ1v) is 8.51. The molecule has 27 heavy (non-hydrogen) atoms. The first kappa shape index (κ1) is 20.7. The minimum Gasteiger partial charge on any atom is -0.451 e. The summed E-state index contributed by atoms with van der Waals surface area (Å²) >= 11 is 11.7. The average Bonchev–Trinajstić information content (AvgIpc) is 3.04. The molecule has 0 radical (unpaired) electrons. The molecule has 0 aliphatic carbocycles. The molecule has 2 rings (SSSR count). The maximum Gasteiger partial charge on any atom is 0.326 e. The Morgan fingerprint density at radius 1 is 1.19 bits per heavy atom. The van der Waals surface area contributed by atoms with Gasteiger partial charge in [-0.25, -0.2) is 0 Å². The summed E-state index contributed by atoms with van der Waals surface area (Å²) in [5.41, 5.74) is 0.178. The van der Waals surface area contributed by atoms with Crippen molar-refractivity contribution in [1.82, 2.24) is 20.8 Å². The van der Waals surface area contributed by atoms with Crippen molar-refractivity contribution in [2.75, 3.05) is 13.1 Å². The van der Waals surface area contributed by atoms with E-state index in [-0.39, 0.29) is 29.6 Å². The van der Waals surface area contributed by atoms with Crippen LogP contribution in [0.3, 0.4) is 0 Å². The molecule has 1 aromatic heterocycles. The number of halogens is 2. The van der Waals surface area contributed by atoms with Crippen molar-refractivity contribution in [3.63, 3.8) is 0 Å². The highest BCUT2D eigenvalue weighted by atomic mass is 35.5. The van der Waals surface area contributed by atoms with E-state index in [1.165, 1.54) is 18.2 Å². The lowest BCUT2D eigenvalue weighted by atomic mass is 10.2. The lowest BCUT2D eigenvalue weighted by Crippen LogP contribution is -2.39. The molecule has 0 fully saturated rings. The number of hydrogen-bond donors (Lipinski definition) is 2. The number of carbonyl (C=O) groups excluding carboxylic acids is 3. The summed E-state index contributed by atoms with van der Waals surface area (Å²) in [6, 6.07) is 4.36. The molecule has 0 spiro atoms. The Morgan fingerprint density at radius 3 is 2.56 bits per heavy atom. The molecule has 2 amide bonds. The number of nitrogens with one attached hydrogen (secondary N) is 2. The number of ether oxygens (including phenoxy) is 1. The van der Waals surface area contributed by atoms with E-state index in [9.17, 15) is 14.4 Å². The predicted octanol–water partition coefficient (Wildman–Crippen LogP) is 1.84. The number of esters is 1. The highest BCUT2D eigenvalue weighted by molar-refractivity contribution is 6.36. The Morgan fingerprint density at radius 2 is 1.93 bits per heavy atom. The maximum absolute atomic E-state index is 12.0. The summed E-state index contributed by atoms with van der Waals surface area (Å²) in [5, 5.41) is 12.6. The van der Waals surface area contributed by atoms with E-state index >= 15 is 0 Å². The molecule has 2 aromatic rings. The van der Waals surface area contributed by atoms with Crippen LogP contribution in [0.1, 0.15) is 35.2 Å². The number of rotatable bonds is 7. The largest absolute Gasteiger partial charge is 0.451 e. The van der Waals surface area contributed by atoms with Crippen molar-refractivity contribution in [2.24, 2.45) is 0 Å². The molecule has 0 saturated carbocycles. The topological polar surface area (TPSA) is 123 Å². The Balaban J connectivity index is 1.73. The quantitative estimate of drug-likeness (QED) is 0.662. The Bertz CT molecular complexity index is 855. The summed E-state index contributed by atoms with van der Waals surface area (Å²) in [6.07, 6.45) is -0.748. The van der Waals surface area contributed by atoms with Crippen LogP contribution in [0.5, 0.6) is 0 Å².